The van der Waals surface area contributed by atoms with E-state index < -0.39 is 23.2 Å². The summed E-state index contributed by atoms with van der Waals surface area (Å²) in [5.74, 6) is -1.59. The maximum absolute atomic E-state index is 13.0. The zero-order chi connectivity index (χ0) is 17.5. The Morgan fingerprint density at radius 2 is 2.21 bits per heavy atom. The molecule has 1 saturated heterocycles. The van der Waals surface area contributed by atoms with Gasteiger partial charge in [-0.3, -0.25) is 9.59 Å². The third-order valence-corrected chi connectivity index (χ3v) is 4.63. The minimum Gasteiger partial charge on any atom is -0.461 e. The van der Waals surface area contributed by atoms with Gasteiger partial charge in [0.2, 0.25) is 11.8 Å². The Balaban J connectivity index is 1.98. The van der Waals surface area contributed by atoms with E-state index in [0.29, 0.717) is 10.7 Å². The molecule has 0 aromatic heterocycles. The van der Waals surface area contributed by atoms with Gasteiger partial charge >= 0.3 is 5.97 Å². The van der Waals surface area contributed by atoms with Crippen molar-refractivity contribution in [1.29, 1.82) is 0 Å². The van der Waals surface area contributed by atoms with E-state index in [-0.39, 0.29) is 25.3 Å². The summed E-state index contributed by atoms with van der Waals surface area (Å²) < 4.78 is 4.96. The molecule has 7 nitrogen and oxygen atoms in total. The summed E-state index contributed by atoms with van der Waals surface area (Å²) in [6.07, 6.45) is -0.137. The Kier molecular flexibility index (Phi) is 4.04. The first-order valence-electron chi connectivity index (χ1n) is 7.52. The fourth-order valence-corrected chi connectivity index (χ4v) is 3.10. The van der Waals surface area contributed by atoms with E-state index in [0.717, 1.165) is 10.5 Å². The van der Waals surface area contributed by atoms with Gasteiger partial charge in [0.05, 0.1) is 18.8 Å². The number of amides is 2. The number of imide groups is 1. The molecule has 2 aliphatic heterocycles. The number of carbonyl (C=O) groups is 3. The summed E-state index contributed by atoms with van der Waals surface area (Å²) >= 11 is 6.10. The highest BCUT2D eigenvalue weighted by atomic mass is 35.5. The SMILES string of the molecule is CCOC(=O)C1=NNCC12CC(=O)N(c1ccc(C)c(Cl)c1)C2=O. The molecule has 2 amide bonds. The maximum Gasteiger partial charge on any atom is 0.355 e. The lowest BCUT2D eigenvalue weighted by atomic mass is 9.81. The molecule has 1 atom stereocenters. The van der Waals surface area contributed by atoms with E-state index >= 15 is 0 Å². The molecule has 0 aliphatic carbocycles. The molecule has 24 heavy (non-hydrogen) atoms. The molecule has 1 fully saturated rings. The number of rotatable bonds is 3. The van der Waals surface area contributed by atoms with Crippen molar-refractivity contribution in [2.24, 2.45) is 10.5 Å². The van der Waals surface area contributed by atoms with E-state index in [1.807, 2.05) is 6.92 Å². The van der Waals surface area contributed by atoms with Crippen molar-refractivity contribution in [2.45, 2.75) is 20.3 Å². The molecule has 0 radical (unpaired) electrons. The third-order valence-electron chi connectivity index (χ3n) is 4.22. The number of benzene rings is 1. The Morgan fingerprint density at radius 3 is 2.88 bits per heavy atom. The van der Waals surface area contributed by atoms with Crippen LogP contribution in [0.5, 0.6) is 0 Å². The molecular formula is C16H16ClN3O4. The van der Waals surface area contributed by atoms with Gasteiger partial charge in [0, 0.05) is 11.4 Å². The third kappa shape index (κ3) is 2.36. The van der Waals surface area contributed by atoms with Gasteiger partial charge in [-0.15, -0.1) is 0 Å². The highest BCUT2D eigenvalue weighted by Gasteiger charge is 2.59. The van der Waals surface area contributed by atoms with Crippen LogP contribution >= 0.6 is 11.6 Å². The van der Waals surface area contributed by atoms with E-state index in [1.54, 1.807) is 25.1 Å². The highest BCUT2D eigenvalue weighted by molar-refractivity contribution is 6.47. The molecule has 3 rings (SSSR count). The van der Waals surface area contributed by atoms with Crippen LogP contribution in [0, 0.1) is 12.3 Å². The van der Waals surface area contributed by atoms with E-state index in [2.05, 4.69) is 10.5 Å². The standard InChI is InChI=1S/C16H16ClN3O4/c1-3-24-14(22)13-16(8-18-19-13)7-12(21)20(15(16)23)10-5-4-9(2)11(17)6-10/h4-6,18H,3,7-8H2,1-2H3. The molecule has 1 N–H and O–H groups in total. The number of nitrogens with one attached hydrogen (secondary N) is 1. The quantitative estimate of drug-likeness (QED) is 0.658. The number of esters is 1. The number of carbonyl (C=O) groups excluding carboxylic acids is 3. The zero-order valence-electron chi connectivity index (χ0n) is 13.3. The number of anilines is 1. The minimum atomic E-state index is -1.32. The van der Waals surface area contributed by atoms with Crippen LogP contribution in [0.1, 0.15) is 18.9 Å². The van der Waals surface area contributed by atoms with Crippen molar-refractivity contribution in [1.82, 2.24) is 5.43 Å². The first-order chi connectivity index (χ1) is 11.4. The molecule has 0 bridgehead atoms. The summed E-state index contributed by atoms with van der Waals surface area (Å²) in [5.41, 5.74) is 2.50. The van der Waals surface area contributed by atoms with Gasteiger partial charge in [0.15, 0.2) is 5.71 Å². The van der Waals surface area contributed by atoms with Gasteiger partial charge in [-0.05, 0) is 31.5 Å². The molecular weight excluding hydrogens is 334 g/mol. The van der Waals surface area contributed by atoms with Crippen LogP contribution in [0.2, 0.25) is 5.02 Å². The Bertz CT molecular complexity index is 777. The molecule has 1 spiro atoms. The second-order valence-electron chi connectivity index (χ2n) is 5.74. The molecule has 1 unspecified atom stereocenters. The van der Waals surface area contributed by atoms with E-state index in [9.17, 15) is 14.4 Å². The number of hydrogen-bond donors (Lipinski definition) is 1. The number of nitrogens with zero attached hydrogens (tertiary/aromatic N) is 2. The average molecular weight is 350 g/mol. The molecule has 0 saturated carbocycles. The molecule has 1 aromatic carbocycles. The lowest BCUT2D eigenvalue weighted by molar-refractivity contribution is -0.136. The number of hydrazone groups is 1. The summed E-state index contributed by atoms with van der Waals surface area (Å²) in [5, 5.41) is 4.36. The van der Waals surface area contributed by atoms with Crippen molar-refractivity contribution >= 4 is 40.8 Å². The van der Waals surface area contributed by atoms with Crippen molar-refractivity contribution in [2.75, 3.05) is 18.1 Å². The minimum absolute atomic E-state index is 0.0524. The van der Waals surface area contributed by atoms with Gasteiger partial charge in [0.25, 0.3) is 0 Å². The zero-order valence-corrected chi connectivity index (χ0v) is 14.0. The molecule has 1 aromatic rings. The Morgan fingerprint density at radius 1 is 1.46 bits per heavy atom. The van der Waals surface area contributed by atoms with Gasteiger partial charge in [-0.2, -0.15) is 5.10 Å². The highest BCUT2D eigenvalue weighted by Crippen LogP contribution is 2.40. The lowest BCUT2D eigenvalue weighted by Gasteiger charge is -2.21. The van der Waals surface area contributed by atoms with Crippen molar-refractivity contribution in [3.63, 3.8) is 0 Å². The summed E-state index contributed by atoms with van der Waals surface area (Å²) in [4.78, 5) is 38.7. The summed E-state index contributed by atoms with van der Waals surface area (Å²) in [6, 6.07) is 4.95. The molecule has 2 aliphatic rings. The van der Waals surface area contributed by atoms with Gasteiger partial charge in [-0.1, -0.05) is 17.7 Å². The lowest BCUT2D eigenvalue weighted by Crippen LogP contribution is -2.45. The smallest absolute Gasteiger partial charge is 0.355 e. The van der Waals surface area contributed by atoms with Crippen LogP contribution in [0.15, 0.2) is 23.3 Å². The summed E-state index contributed by atoms with van der Waals surface area (Å²) in [6.45, 7) is 3.73. The number of ether oxygens (including phenoxy) is 1. The summed E-state index contributed by atoms with van der Waals surface area (Å²) in [7, 11) is 0. The van der Waals surface area contributed by atoms with Crippen LogP contribution in [-0.2, 0) is 19.1 Å². The van der Waals surface area contributed by atoms with Crippen LogP contribution in [0.4, 0.5) is 5.69 Å². The van der Waals surface area contributed by atoms with E-state index in [1.165, 1.54) is 0 Å². The Labute approximate surface area is 143 Å². The van der Waals surface area contributed by atoms with Crippen LogP contribution in [0.3, 0.4) is 0 Å². The fraction of sp³-hybridized carbons (Fsp3) is 0.375. The maximum atomic E-state index is 13.0. The van der Waals surface area contributed by atoms with Crippen LogP contribution < -0.4 is 10.3 Å². The van der Waals surface area contributed by atoms with Gasteiger partial charge in [0.1, 0.15) is 5.41 Å². The second-order valence-corrected chi connectivity index (χ2v) is 6.15. The van der Waals surface area contributed by atoms with Crippen molar-refractivity contribution in [3.8, 4) is 0 Å². The number of hydrogen-bond acceptors (Lipinski definition) is 6. The normalized spacial score (nSPS) is 22.8. The first kappa shape index (κ1) is 16.4. The largest absolute Gasteiger partial charge is 0.461 e. The topological polar surface area (TPSA) is 88.1 Å². The molecule has 126 valence electrons. The average Bonchev–Trinajstić information content (AvgIpc) is 3.05. The predicted molar refractivity (Wildman–Crippen MR) is 87.8 cm³/mol. The fourth-order valence-electron chi connectivity index (χ4n) is 2.93. The van der Waals surface area contributed by atoms with Crippen LogP contribution in [0.25, 0.3) is 0 Å². The molecule has 2 heterocycles. The first-order valence-corrected chi connectivity index (χ1v) is 7.90. The number of halogens is 1. The van der Waals surface area contributed by atoms with Gasteiger partial charge in [-0.25, -0.2) is 9.69 Å². The monoisotopic (exact) mass is 349 g/mol. The molecule has 8 heteroatoms. The Hall–Kier alpha value is -2.41. The van der Waals surface area contributed by atoms with Crippen molar-refractivity contribution < 1.29 is 19.1 Å². The van der Waals surface area contributed by atoms with E-state index in [4.69, 9.17) is 16.3 Å². The number of aryl methyl sites for hydroxylation is 1. The van der Waals surface area contributed by atoms with Crippen LogP contribution in [-0.4, -0.2) is 36.6 Å². The second kappa shape index (κ2) is 5.90. The van der Waals surface area contributed by atoms with Gasteiger partial charge < -0.3 is 10.2 Å². The van der Waals surface area contributed by atoms with Crippen molar-refractivity contribution in [3.05, 3.63) is 28.8 Å². The predicted octanol–water partition coefficient (Wildman–Crippen LogP) is 1.42.